The van der Waals surface area contributed by atoms with Crippen LogP contribution in [-0.4, -0.2) is 20.9 Å². The lowest BCUT2D eigenvalue weighted by Gasteiger charge is -2.26. The minimum absolute atomic E-state index is 0.433. The van der Waals surface area contributed by atoms with Crippen LogP contribution in [0.4, 0.5) is 13.2 Å². The van der Waals surface area contributed by atoms with Gasteiger partial charge in [0.2, 0.25) is 0 Å². The summed E-state index contributed by atoms with van der Waals surface area (Å²) in [6.45, 7) is 2.78. The Hall–Kier alpha value is -1.53. The lowest BCUT2D eigenvalue weighted by Crippen LogP contribution is -2.33. The number of hydrogen-bond acceptors (Lipinski definition) is 2. The number of alkyl halides is 3. The van der Waals surface area contributed by atoms with Crippen LogP contribution in [0.25, 0.3) is 0 Å². The van der Waals surface area contributed by atoms with Crippen molar-refractivity contribution in [3.05, 3.63) is 18.0 Å². The fourth-order valence-electron chi connectivity index (χ4n) is 1.45. The van der Waals surface area contributed by atoms with Crippen molar-refractivity contribution < 1.29 is 23.1 Å². The van der Waals surface area contributed by atoms with Crippen LogP contribution >= 0.6 is 0 Å². The molecule has 4 nitrogen and oxygen atoms in total. The third-order valence-corrected chi connectivity index (χ3v) is 2.09. The zero-order valence-electron chi connectivity index (χ0n) is 8.75. The second-order valence-corrected chi connectivity index (χ2v) is 4.01. The Labute approximate surface area is 89.7 Å². The molecule has 7 heteroatoms. The third kappa shape index (κ3) is 2.53. The van der Waals surface area contributed by atoms with Crippen LogP contribution in [0.15, 0.2) is 12.3 Å². The largest absolute Gasteiger partial charge is 0.481 e. The first kappa shape index (κ1) is 12.5. The number of rotatable bonds is 3. The molecule has 1 heterocycles. The number of aromatic nitrogens is 2. The Morgan fingerprint density at radius 2 is 2.06 bits per heavy atom. The van der Waals surface area contributed by atoms with Crippen molar-refractivity contribution in [1.29, 1.82) is 0 Å². The van der Waals surface area contributed by atoms with Gasteiger partial charge in [0.1, 0.15) is 5.69 Å². The van der Waals surface area contributed by atoms with Gasteiger partial charge in [-0.2, -0.15) is 18.3 Å². The van der Waals surface area contributed by atoms with Crippen LogP contribution in [0.5, 0.6) is 0 Å². The molecule has 0 bridgehead atoms. The third-order valence-electron chi connectivity index (χ3n) is 2.09. The molecule has 90 valence electrons. The van der Waals surface area contributed by atoms with Gasteiger partial charge in [-0.05, 0) is 19.9 Å². The molecule has 1 rings (SSSR count). The van der Waals surface area contributed by atoms with Crippen molar-refractivity contribution in [2.24, 2.45) is 0 Å². The molecule has 0 amide bonds. The van der Waals surface area contributed by atoms with Crippen LogP contribution in [0.1, 0.15) is 26.0 Å². The second kappa shape index (κ2) is 3.80. The number of hydrogen-bond donors (Lipinski definition) is 1. The summed E-state index contributed by atoms with van der Waals surface area (Å²) in [6.07, 6.45) is -3.96. The molecule has 1 aromatic rings. The van der Waals surface area contributed by atoms with Crippen molar-refractivity contribution in [2.45, 2.75) is 32.0 Å². The quantitative estimate of drug-likeness (QED) is 0.874. The Kier molecular flexibility index (Phi) is 2.98. The van der Waals surface area contributed by atoms with Crippen molar-refractivity contribution in [2.75, 3.05) is 0 Å². The van der Waals surface area contributed by atoms with Gasteiger partial charge in [-0.3, -0.25) is 9.48 Å². The van der Waals surface area contributed by atoms with Gasteiger partial charge < -0.3 is 5.11 Å². The van der Waals surface area contributed by atoms with Crippen molar-refractivity contribution in [1.82, 2.24) is 9.78 Å². The maximum atomic E-state index is 12.5. The summed E-state index contributed by atoms with van der Waals surface area (Å²) in [5.41, 5.74) is -2.17. The number of halogens is 3. The summed E-state index contributed by atoms with van der Waals surface area (Å²) in [5.74, 6) is -1.17. The Morgan fingerprint density at radius 3 is 2.50 bits per heavy atom. The van der Waals surface area contributed by atoms with Crippen LogP contribution in [0, 0.1) is 0 Å². The molecule has 0 aliphatic carbocycles. The van der Waals surface area contributed by atoms with Gasteiger partial charge in [-0.1, -0.05) is 0 Å². The zero-order valence-corrected chi connectivity index (χ0v) is 8.75. The van der Waals surface area contributed by atoms with Gasteiger partial charge in [0.25, 0.3) is 0 Å². The lowest BCUT2D eigenvalue weighted by atomic mass is 10.0. The van der Waals surface area contributed by atoms with Gasteiger partial charge in [0.15, 0.2) is 0 Å². The summed E-state index contributed by atoms with van der Waals surface area (Å²) in [6, 6.07) is 0.823. The maximum Gasteiger partial charge on any atom is 0.433 e. The van der Waals surface area contributed by atoms with E-state index in [1.807, 2.05) is 0 Å². The SMILES string of the molecule is CC(C)(CC(=O)O)n1nccc1C(F)(F)F. The average Bonchev–Trinajstić information content (AvgIpc) is 2.46. The van der Waals surface area contributed by atoms with Crippen molar-refractivity contribution >= 4 is 5.97 Å². The summed E-state index contributed by atoms with van der Waals surface area (Å²) in [5, 5.41) is 12.2. The highest BCUT2D eigenvalue weighted by atomic mass is 19.4. The standard InChI is InChI=1S/C9H11F3N2O2/c1-8(2,5-7(15)16)14-6(3-4-13-14)9(10,11)12/h3-4H,5H2,1-2H3,(H,15,16). The number of aliphatic carboxylic acids is 1. The number of carboxylic acids is 1. The molecule has 1 N–H and O–H groups in total. The molecule has 0 radical (unpaired) electrons. The van der Waals surface area contributed by atoms with E-state index in [0.29, 0.717) is 4.68 Å². The minimum Gasteiger partial charge on any atom is -0.481 e. The Morgan fingerprint density at radius 1 is 1.50 bits per heavy atom. The minimum atomic E-state index is -4.54. The fourth-order valence-corrected chi connectivity index (χ4v) is 1.45. The molecule has 0 spiro atoms. The van der Waals surface area contributed by atoms with E-state index < -0.39 is 29.8 Å². The summed E-state index contributed by atoms with van der Waals surface area (Å²) in [7, 11) is 0. The van der Waals surface area contributed by atoms with Crippen LogP contribution in [-0.2, 0) is 16.5 Å². The predicted molar refractivity (Wildman–Crippen MR) is 48.8 cm³/mol. The summed E-state index contributed by atoms with van der Waals surface area (Å²) in [4.78, 5) is 10.5. The first-order valence-electron chi connectivity index (χ1n) is 4.48. The lowest BCUT2D eigenvalue weighted by molar-refractivity contribution is -0.149. The molecule has 1 aromatic heterocycles. The molecule has 0 unspecified atom stereocenters. The highest BCUT2D eigenvalue weighted by Crippen LogP contribution is 2.33. The maximum absolute atomic E-state index is 12.5. The predicted octanol–water partition coefficient (Wildman–Crippen LogP) is 2.11. The number of nitrogens with zero attached hydrogens (tertiary/aromatic N) is 2. The van der Waals surface area contributed by atoms with Crippen LogP contribution in [0.3, 0.4) is 0 Å². The van der Waals surface area contributed by atoms with Gasteiger partial charge in [0, 0.05) is 6.20 Å². The average molecular weight is 236 g/mol. The smallest absolute Gasteiger partial charge is 0.433 e. The summed E-state index contributed by atoms with van der Waals surface area (Å²) >= 11 is 0. The Balaban J connectivity index is 3.14. The number of carbonyl (C=O) groups is 1. The molecular formula is C9H11F3N2O2. The van der Waals surface area contributed by atoms with E-state index in [1.165, 1.54) is 13.8 Å². The molecule has 0 saturated heterocycles. The monoisotopic (exact) mass is 236 g/mol. The van der Waals surface area contributed by atoms with Gasteiger partial charge in [0.05, 0.1) is 12.0 Å². The normalized spacial score (nSPS) is 12.8. The van der Waals surface area contributed by atoms with E-state index in [1.54, 1.807) is 0 Å². The molecule has 0 aromatic carbocycles. The van der Waals surface area contributed by atoms with Gasteiger partial charge in [-0.25, -0.2) is 0 Å². The molecule has 0 aliphatic heterocycles. The zero-order chi connectivity index (χ0) is 12.6. The van der Waals surface area contributed by atoms with E-state index in [0.717, 1.165) is 12.3 Å². The van der Waals surface area contributed by atoms with Gasteiger partial charge in [-0.15, -0.1) is 0 Å². The van der Waals surface area contributed by atoms with Crippen molar-refractivity contribution in [3.8, 4) is 0 Å². The number of carboxylic acid groups (broad SMARTS) is 1. The highest BCUT2D eigenvalue weighted by Gasteiger charge is 2.39. The molecule has 0 fully saturated rings. The molecular weight excluding hydrogens is 225 g/mol. The molecule has 16 heavy (non-hydrogen) atoms. The molecule has 0 aliphatic rings. The van der Waals surface area contributed by atoms with E-state index in [2.05, 4.69) is 5.10 Å². The first-order valence-corrected chi connectivity index (χ1v) is 4.48. The van der Waals surface area contributed by atoms with E-state index in [-0.39, 0.29) is 0 Å². The Bertz CT molecular complexity index is 396. The molecule has 0 saturated carbocycles. The van der Waals surface area contributed by atoms with E-state index in [4.69, 9.17) is 5.11 Å². The second-order valence-electron chi connectivity index (χ2n) is 4.01. The fraction of sp³-hybridized carbons (Fsp3) is 0.556. The van der Waals surface area contributed by atoms with Crippen molar-refractivity contribution in [3.63, 3.8) is 0 Å². The highest BCUT2D eigenvalue weighted by molar-refractivity contribution is 5.67. The van der Waals surface area contributed by atoms with E-state index in [9.17, 15) is 18.0 Å². The first-order chi connectivity index (χ1) is 7.14. The molecule has 0 atom stereocenters. The van der Waals surface area contributed by atoms with Gasteiger partial charge >= 0.3 is 12.1 Å². The van der Waals surface area contributed by atoms with E-state index >= 15 is 0 Å². The summed E-state index contributed by atoms with van der Waals surface area (Å²) < 4.78 is 38.3. The van der Waals surface area contributed by atoms with Crippen LogP contribution in [0.2, 0.25) is 0 Å². The van der Waals surface area contributed by atoms with Crippen LogP contribution < -0.4 is 0 Å². The topological polar surface area (TPSA) is 55.1 Å².